The number of methoxy groups -OCH3 is 1. The predicted octanol–water partition coefficient (Wildman–Crippen LogP) is 1.73. The molecule has 1 aromatic rings. The van der Waals surface area contributed by atoms with E-state index in [1.807, 2.05) is 38.1 Å². The Hall–Kier alpha value is -1.55. The fourth-order valence-corrected chi connectivity index (χ4v) is 1.71. The van der Waals surface area contributed by atoms with E-state index >= 15 is 0 Å². The Kier molecular flexibility index (Phi) is 5.83. The fraction of sp³-hybridized carbons (Fsp3) is 0.533. The highest BCUT2D eigenvalue weighted by Crippen LogP contribution is 2.17. The highest BCUT2D eigenvalue weighted by Gasteiger charge is 2.19. The van der Waals surface area contributed by atoms with Crippen LogP contribution in [-0.2, 0) is 11.2 Å². The summed E-state index contributed by atoms with van der Waals surface area (Å²) in [6.07, 6.45) is 1.28. The Labute approximate surface area is 115 Å². The van der Waals surface area contributed by atoms with E-state index in [1.54, 1.807) is 7.11 Å². The van der Waals surface area contributed by atoms with Crippen molar-refractivity contribution in [2.75, 3.05) is 20.2 Å². The molecule has 3 N–H and O–H groups in total. The number of rotatable bonds is 7. The van der Waals surface area contributed by atoms with Gasteiger partial charge in [0.25, 0.3) is 0 Å². The third-order valence-corrected chi connectivity index (χ3v) is 3.09. The minimum absolute atomic E-state index is 0.0592. The predicted molar refractivity (Wildman–Crippen MR) is 77.2 cm³/mol. The summed E-state index contributed by atoms with van der Waals surface area (Å²) in [7, 11) is 1.65. The number of hydrogen-bond acceptors (Lipinski definition) is 3. The number of ether oxygens (including phenoxy) is 1. The smallest absolute Gasteiger partial charge is 0.220 e. The summed E-state index contributed by atoms with van der Waals surface area (Å²) >= 11 is 0. The minimum atomic E-state index is -0.135. The van der Waals surface area contributed by atoms with Gasteiger partial charge in [-0.05, 0) is 36.1 Å². The molecule has 0 saturated heterocycles. The maximum absolute atomic E-state index is 11.7. The van der Waals surface area contributed by atoms with Crippen molar-refractivity contribution in [3.05, 3.63) is 29.8 Å². The minimum Gasteiger partial charge on any atom is -0.497 e. The number of carbonyl (C=O) groups excluding carboxylic acids is 1. The van der Waals surface area contributed by atoms with Crippen molar-refractivity contribution in [1.29, 1.82) is 0 Å². The van der Waals surface area contributed by atoms with Crippen molar-refractivity contribution < 1.29 is 9.53 Å². The molecule has 19 heavy (non-hydrogen) atoms. The van der Waals surface area contributed by atoms with E-state index in [-0.39, 0.29) is 11.3 Å². The zero-order valence-electron chi connectivity index (χ0n) is 12.0. The Morgan fingerprint density at radius 3 is 2.47 bits per heavy atom. The summed E-state index contributed by atoms with van der Waals surface area (Å²) in [5.41, 5.74) is 6.65. The highest BCUT2D eigenvalue weighted by atomic mass is 16.5. The summed E-state index contributed by atoms with van der Waals surface area (Å²) in [5.74, 6) is 0.904. The van der Waals surface area contributed by atoms with Crippen LogP contribution in [0.15, 0.2) is 24.3 Å². The van der Waals surface area contributed by atoms with Crippen LogP contribution in [0, 0.1) is 5.41 Å². The van der Waals surface area contributed by atoms with Crippen LogP contribution in [0.4, 0.5) is 0 Å². The number of benzene rings is 1. The molecule has 4 nitrogen and oxygen atoms in total. The Morgan fingerprint density at radius 1 is 1.32 bits per heavy atom. The Bertz CT molecular complexity index is 399. The van der Waals surface area contributed by atoms with Crippen molar-refractivity contribution in [2.45, 2.75) is 26.7 Å². The third kappa shape index (κ3) is 5.75. The van der Waals surface area contributed by atoms with E-state index in [0.717, 1.165) is 12.2 Å². The third-order valence-electron chi connectivity index (χ3n) is 3.09. The van der Waals surface area contributed by atoms with Gasteiger partial charge in [-0.25, -0.2) is 0 Å². The molecular weight excluding hydrogens is 240 g/mol. The molecule has 1 rings (SSSR count). The molecule has 0 heterocycles. The largest absolute Gasteiger partial charge is 0.497 e. The standard InChI is InChI=1S/C15H24N2O2/c1-15(2,11-16)10-14(18)17-9-8-12-4-6-13(19-3)7-5-12/h4-7H,8-11,16H2,1-3H3,(H,17,18). The molecule has 1 amide bonds. The Balaban J connectivity index is 2.31. The summed E-state index contributed by atoms with van der Waals surface area (Å²) in [4.78, 5) is 11.7. The van der Waals surface area contributed by atoms with Crippen molar-refractivity contribution in [1.82, 2.24) is 5.32 Å². The van der Waals surface area contributed by atoms with E-state index in [1.165, 1.54) is 5.56 Å². The molecule has 0 aliphatic rings. The average molecular weight is 264 g/mol. The first-order chi connectivity index (χ1) is 8.96. The molecule has 0 aliphatic heterocycles. The van der Waals surface area contributed by atoms with Gasteiger partial charge in [-0.15, -0.1) is 0 Å². The average Bonchev–Trinajstić information content (AvgIpc) is 2.39. The van der Waals surface area contributed by atoms with Gasteiger partial charge in [0.15, 0.2) is 0 Å². The van der Waals surface area contributed by atoms with E-state index < -0.39 is 0 Å². The van der Waals surface area contributed by atoms with E-state index in [2.05, 4.69) is 5.32 Å². The van der Waals surface area contributed by atoms with Gasteiger partial charge in [0.2, 0.25) is 5.91 Å². The van der Waals surface area contributed by atoms with Crippen molar-refractivity contribution in [3.63, 3.8) is 0 Å². The van der Waals surface area contributed by atoms with Gasteiger partial charge in [0.1, 0.15) is 5.75 Å². The van der Waals surface area contributed by atoms with Crippen molar-refractivity contribution in [2.24, 2.45) is 11.1 Å². The lowest BCUT2D eigenvalue weighted by atomic mass is 9.89. The number of amides is 1. The molecule has 0 bridgehead atoms. The van der Waals surface area contributed by atoms with Crippen LogP contribution in [0.25, 0.3) is 0 Å². The molecular formula is C15H24N2O2. The van der Waals surface area contributed by atoms with Gasteiger partial charge >= 0.3 is 0 Å². The molecule has 0 spiro atoms. The van der Waals surface area contributed by atoms with Crippen LogP contribution in [0.3, 0.4) is 0 Å². The zero-order chi connectivity index (χ0) is 14.3. The lowest BCUT2D eigenvalue weighted by Gasteiger charge is -2.21. The van der Waals surface area contributed by atoms with Crippen LogP contribution < -0.4 is 15.8 Å². The first-order valence-corrected chi connectivity index (χ1v) is 6.56. The highest BCUT2D eigenvalue weighted by molar-refractivity contribution is 5.76. The molecule has 0 unspecified atom stereocenters. The summed E-state index contributed by atoms with van der Waals surface area (Å²) in [6, 6.07) is 7.87. The maximum atomic E-state index is 11.7. The van der Waals surface area contributed by atoms with Crippen LogP contribution in [0.5, 0.6) is 5.75 Å². The monoisotopic (exact) mass is 264 g/mol. The van der Waals surface area contributed by atoms with Gasteiger partial charge in [-0.1, -0.05) is 26.0 Å². The normalized spacial score (nSPS) is 11.2. The molecule has 0 saturated carbocycles. The molecule has 106 valence electrons. The molecule has 0 aromatic heterocycles. The van der Waals surface area contributed by atoms with Crippen LogP contribution in [0.2, 0.25) is 0 Å². The van der Waals surface area contributed by atoms with E-state index in [0.29, 0.717) is 19.5 Å². The number of nitrogens with two attached hydrogens (primary N) is 1. The first-order valence-electron chi connectivity index (χ1n) is 6.56. The fourth-order valence-electron chi connectivity index (χ4n) is 1.71. The van der Waals surface area contributed by atoms with Crippen molar-refractivity contribution >= 4 is 5.91 Å². The SMILES string of the molecule is COc1ccc(CCNC(=O)CC(C)(C)CN)cc1. The number of nitrogens with one attached hydrogen (secondary N) is 1. The second-order valence-corrected chi connectivity index (χ2v) is 5.49. The molecule has 0 fully saturated rings. The zero-order valence-corrected chi connectivity index (χ0v) is 12.0. The van der Waals surface area contributed by atoms with Gasteiger partial charge in [-0.3, -0.25) is 4.79 Å². The summed E-state index contributed by atoms with van der Waals surface area (Å²) < 4.78 is 5.10. The van der Waals surface area contributed by atoms with E-state index in [4.69, 9.17) is 10.5 Å². The number of carbonyl (C=O) groups is 1. The summed E-state index contributed by atoms with van der Waals surface area (Å²) in [6.45, 7) is 5.15. The quantitative estimate of drug-likeness (QED) is 0.788. The van der Waals surface area contributed by atoms with Gasteiger partial charge in [0.05, 0.1) is 7.11 Å². The van der Waals surface area contributed by atoms with Crippen LogP contribution in [-0.4, -0.2) is 26.1 Å². The Morgan fingerprint density at radius 2 is 1.95 bits per heavy atom. The molecule has 0 aliphatic carbocycles. The van der Waals surface area contributed by atoms with E-state index in [9.17, 15) is 4.79 Å². The topological polar surface area (TPSA) is 64.3 Å². The molecule has 0 atom stereocenters. The lowest BCUT2D eigenvalue weighted by Crippen LogP contribution is -2.33. The van der Waals surface area contributed by atoms with Crippen molar-refractivity contribution in [3.8, 4) is 5.75 Å². The lowest BCUT2D eigenvalue weighted by molar-refractivity contribution is -0.122. The molecule has 0 radical (unpaired) electrons. The van der Waals surface area contributed by atoms with Crippen LogP contribution >= 0.6 is 0 Å². The first kappa shape index (κ1) is 15.5. The van der Waals surface area contributed by atoms with Crippen LogP contribution in [0.1, 0.15) is 25.8 Å². The van der Waals surface area contributed by atoms with Gasteiger partial charge in [0, 0.05) is 13.0 Å². The summed E-state index contributed by atoms with van der Waals surface area (Å²) in [5, 5.41) is 2.92. The second kappa shape index (κ2) is 7.14. The number of hydrogen-bond donors (Lipinski definition) is 2. The van der Waals surface area contributed by atoms with Gasteiger partial charge in [-0.2, -0.15) is 0 Å². The second-order valence-electron chi connectivity index (χ2n) is 5.49. The molecule has 1 aromatic carbocycles. The molecule has 4 heteroatoms. The maximum Gasteiger partial charge on any atom is 0.220 e. The van der Waals surface area contributed by atoms with Gasteiger partial charge < -0.3 is 15.8 Å².